The predicted octanol–water partition coefficient (Wildman–Crippen LogP) is 2.41. The number of carbonyl (C=O) groups is 3. The first-order valence-electron chi connectivity index (χ1n) is 8.93. The van der Waals surface area contributed by atoms with Gasteiger partial charge in [0.2, 0.25) is 5.91 Å². The summed E-state index contributed by atoms with van der Waals surface area (Å²) < 4.78 is 23.3. The molecule has 1 saturated heterocycles. The van der Waals surface area contributed by atoms with Gasteiger partial charge in [0.15, 0.2) is 0 Å². The number of amides is 3. The summed E-state index contributed by atoms with van der Waals surface area (Å²) in [6.45, 7) is 1.05. The maximum absolute atomic E-state index is 13.1. The molecule has 1 atom stereocenters. The molecular weight excluding hydrogens is 427 g/mol. The summed E-state index contributed by atoms with van der Waals surface area (Å²) in [5, 5.41) is 0.247. The highest BCUT2D eigenvalue weighted by Gasteiger charge is 2.44. The van der Waals surface area contributed by atoms with Gasteiger partial charge in [0, 0.05) is 19.3 Å². The average molecular weight is 447 g/mol. The number of sulfone groups is 1. The van der Waals surface area contributed by atoms with E-state index in [0.717, 1.165) is 30.4 Å². The van der Waals surface area contributed by atoms with Gasteiger partial charge in [-0.05, 0) is 37.8 Å². The predicted molar refractivity (Wildman–Crippen MR) is 106 cm³/mol. The minimum atomic E-state index is -3.39. The van der Waals surface area contributed by atoms with Crippen LogP contribution in [0.25, 0.3) is 0 Å². The van der Waals surface area contributed by atoms with E-state index in [-0.39, 0.29) is 33.3 Å². The molecule has 0 aliphatic carbocycles. The number of likely N-dealkylation sites (tertiary alicyclic amines) is 1. The Balaban J connectivity index is 1.96. The Hall–Kier alpha value is -1.64. The lowest BCUT2D eigenvalue weighted by atomic mass is 10.1. The lowest BCUT2D eigenvalue weighted by Crippen LogP contribution is -2.52. The molecule has 10 heteroatoms. The molecule has 1 aromatic rings. The smallest absolute Gasteiger partial charge is 0.262 e. The molecule has 0 spiro atoms. The molecule has 0 saturated carbocycles. The molecule has 152 valence electrons. The van der Waals surface area contributed by atoms with Crippen molar-refractivity contribution in [3.63, 3.8) is 0 Å². The zero-order chi connectivity index (χ0) is 20.6. The summed E-state index contributed by atoms with van der Waals surface area (Å²) in [5.41, 5.74) is 0.130. The summed E-state index contributed by atoms with van der Waals surface area (Å²) >= 11 is 11.9. The minimum Gasteiger partial charge on any atom is -0.341 e. The zero-order valence-corrected chi connectivity index (χ0v) is 17.6. The van der Waals surface area contributed by atoms with Crippen LogP contribution in [0.3, 0.4) is 0 Å². The van der Waals surface area contributed by atoms with Crippen LogP contribution < -0.4 is 0 Å². The Morgan fingerprint density at radius 3 is 2.00 bits per heavy atom. The van der Waals surface area contributed by atoms with E-state index in [0.29, 0.717) is 13.1 Å². The Morgan fingerprint density at radius 2 is 1.54 bits per heavy atom. The van der Waals surface area contributed by atoms with Crippen molar-refractivity contribution in [3.8, 4) is 0 Å². The summed E-state index contributed by atoms with van der Waals surface area (Å²) in [7, 11) is -3.39. The molecule has 0 bridgehead atoms. The van der Waals surface area contributed by atoms with E-state index in [1.807, 2.05) is 0 Å². The van der Waals surface area contributed by atoms with E-state index >= 15 is 0 Å². The van der Waals surface area contributed by atoms with Crippen LogP contribution in [0.1, 0.15) is 46.4 Å². The molecule has 2 heterocycles. The highest BCUT2D eigenvalue weighted by atomic mass is 35.5. The van der Waals surface area contributed by atoms with Gasteiger partial charge in [0.1, 0.15) is 15.9 Å². The number of nitrogens with zero attached hydrogens (tertiary/aromatic N) is 2. The molecule has 28 heavy (non-hydrogen) atoms. The molecule has 0 radical (unpaired) electrons. The van der Waals surface area contributed by atoms with Gasteiger partial charge in [-0.3, -0.25) is 19.3 Å². The Morgan fingerprint density at radius 1 is 1.04 bits per heavy atom. The van der Waals surface area contributed by atoms with E-state index in [1.165, 1.54) is 12.1 Å². The number of fused-ring (bicyclic) bond motifs is 1. The van der Waals surface area contributed by atoms with E-state index in [9.17, 15) is 22.8 Å². The van der Waals surface area contributed by atoms with Crippen LogP contribution in [0.4, 0.5) is 0 Å². The van der Waals surface area contributed by atoms with Crippen LogP contribution in [0.2, 0.25) is 10.0 Å². The van der Waals surface area contributed by atoms with Crippen LogP contribution in [0, 0.1) is 0 Å². The van der Waals surface area contributed by atoms with Crippen molar-refractivity contribution in [3.05, 3.63) is 33.3 Å². The summed E-state index contributed by atoms with van der Waals surface area (Å²) in [4.78, 5) is 41.4. The number of rotatable bonds is 5. The lowest BCUT2D eigenvalue weighted by molar-refractivity contribution is -0.136. The summed E-state index contributed by atoms with van der Waals surface area (Å²) in [5.74, 6) is -2.05. The second kappa shape index (κ2) is 8.00. The van der Waals surface area contributed by atoms with Crippen LogP contribution in [-0.2, 0) is 14.6 Å². The average Bonchev–Trinajstić information content (AvgIpc) is 2.87. The normalized spacial score (nSPS) is 18.4. The van der Waals surface area contributed by atoms with Crippen LogP contribution >= 0.6 is 23.2 Å². The SMILES string of the molecule is CS(=O)(=O)CC[C@@H](C(=O)N1CCCCC1)N1C(=O)c2cc(Cl)c(Cl)cc2C1=O. The van der Waals surface area contributed by atoms with Gasteiger partial charge in [-0.2, -0.15) is 0 Å². The highest BCUT2D eigenvalue weighted by molar-refractivity contribution is 7.90. The van der Waals surface area contributed by atoms with Crippen molar-refractivity contribution >= 4 is 50.8 Å². The van der Waals surface area contributed by atoms with Crippen molar-refractivity contribution in [1.82, 2.24) is 9.80 Å². The first kappa shape index (κ1) is 21.1. The standard InChI is InChI=1S/C18H20Cl2N2O5S/c1-28(26,27)8-5-15(18(25)21-6-3-2-4-7-21)22-16(23)11-9-13(19)14(20)10-12(11)17(22)24/h9-10,15H,2-8H2,1H3/t15-/m0/s1. The Labute approximate surface area is 173 Å². The molecule has 3 amide bonds. The number of hydrogen-bond acceptors (Lipinski definition) is 5. The van der Waals surface area contributed by atoms with E-state index < -0.39 is 33.6 Å². The molecule has 2 aliphatic rings. The number of carbonyl (C=O) groups excluding carboxylic acids is 3. The second-order valence-electron chi connectivity index (χ2n) is 7.11. The monoisotopic (exact) mass is 446 g/mol. The van der Waals surface area contributed by atoms with Gasteiger partial charge < -0.3 is 4.90 Å². The van der Waals surface area contributed by atoms with Crippen molar-refractivity contribution in [2.75, 3.05) is 25.1 Å². The molecule has 0 aromatic heterocycles. The van der Waals surface area contributed by atoms with E-state index in [4.69, 9.17) is 23.2 Å². The maximum atomic E-state index is 13.1. The maximum Gasteiger partial charge on any atom is 0.262 e. The molecule has 1 aromatic carbocycles. The third kappa shape index (κ3) is 4.18. The van der Waals surface area contributed by atoms with Crippen molar-refractivity contribution in [1.29, 1.82) is 0 Å². The van der Waals surface area contributed by atoms with Crippen LogP contribution in [0.5, 0.6) is 0 Å². The quantitative estimate of drug-likeness (QED) is 0.647. The zero-order valence-electron chi connectivity index (χ0n) is 15.3. The van der Waals surface area contributed by atoms with Crippen molar-refractivity contribution < 1.29 is 22.8 Å². The first-order valence-corrected chi connectivity index (χ1v) is 11.8. The molecule has 2 aliphatic heterocycles. The van der Waals surface area contributed by atoms with Gasteiger partial charge in [-0.1, -0.05) is 23.2 Å². The Kier molecular flexibility index (Phi) is 6.03. The number of piperidine rings is 1. The van der Waals surface area contributed by atoms with Gasteiger partial charge in [-0.15, -0.1) is 0 Å². The van der Waals surface area contributed by atoms with Gasteiger partial charge in [-0.25, -0.2) is 8.42 Å². The van der Waals surface area contributed by atoms with Gasteiger partial charge in [0.05, 0.1) is 26.9 Å². The molecular formula is C18H20Cl2N2O5S. The van der Waals surface area contributed by atoms with Crippen molar-refractivity contribution in [2.45, 2.75) is 31.7 Å². The van der Waals surface area contributed by atoms with Gasteiger partial charge >= 0.3 is 0 Å². The molecule has 0 N–H and O–H groups in total. The fourth-order valence-electron chi connectivity index (χ4n) is 3.55. The highest BCUT2D eigenvalue weighted by Crippen LogP contribution is 2.33. The van der Waals surface area contributed by atoms with Crippen LogP contribution in [0.15, 0.2) is 12.1 Å². The fourth-order valence-corrected chi connectivity index (χ4v) is 4.53. The number of imide groups is 1. The molecule has 1 fully saturated rings. The number of benzene rings is 1. The number of halogens is 2. The van der Waals surface area contributed by atoms with Crippen LogP contribution in [-0.4, -0.2) is 67.1 Å². The summed E-state index contributed by atoms with van der Waals surface area (Å²) in [6, 6.07) is 1.43. The van der Waals surface area contributed by atoms with Gasteiger partial charge in [0.25, 0.3) is 11.8 Å². The summed E-state index contributed by atoms with van der Waals surface area (Å²) in [6.07, 6.45) is 3.57. The second-order valence-corrected chi connectivity index (χ2v) is 10.2. The largest absolute Gasteiger partial charge is 0.341 e. The first-order chi connectivity index (χ1) is 13.1. The minimum absolute atomic E-state index is 0.0650. The van der Waals surface area contributed by atoms with E-state index in [1.54, 1.807) is 4.90 Å². The third-order valence-corrected chi connectivity index (χ3v) is 6.68. The number of hydrogen-bond donors (Lipinski definition) is 0. The fraction of sp³-hybridized carbons (Fsp3) is 0.500. The third-order valence-electron chi connectivity index (χ3n) is 4.99. The topological polar surface area (TPSA) is 91.8 Å². The molecule has 0 unspecified atom stereocenters. The van der Waals surface area contributed by atoms with Crippen molar-refractivity contribution in [2.24, 2.45) is 0 Å². The van der Waals surface area contributed by atoms with E-state index in [2.05, 4.69) is 0 Å². The molecule has 3 rings (SSSR count). The Bertz CT molecular complexity index is 901. The lowest BCUT2D eigenvalue weighted by Gasteiger charge is -2.33. The molecule has 7 nitrogen and oxygen atoms in total.